The van der Waals surface area contributed by atoms with Crippen molar-refractivity contribution in [3.05, 3.63) is 70.3 Å². The van der Waals surface area contributed by atoms with Crippen LogP contribution in [-0.4, -0.2) is 34.7 Å². The zero-order valence-corrected chi connectivity index (χ0v) is 17.9. The summed E-state index contributed by atoms with van der Waals surface area (Å²) in [5, 5.41) is 12.7. The SMILES string of the molecule is C=C(C(N)=O)c1cccc(NC(=O)OCC)c1.O=C(O)c1c[nH]c2cc(Cl)cc(Cl)c12. The molecule has 1 aromatic heterocycles. The number of carbonyl (C=O) groups excluding carboxylic acids is 2. The molecule has 1 heterocycles. The maximum Gasteiger partial charge on any atom is 0.411 e. The Balaban J connectivity index is 0.000000224. The van der Waals surface area contributed by atoms with Crippen molar-refractivity contribution in [2.45, 2.75) is 6.92 Å². The van der Waals surface area contributed by atoms with Gasteiger partial charge in [0.2, 0.25) is 5.91 Å². The third kappa shape index (κ3) is 6.24. The van der Waals surface area contributed by atoms with Crippen LogP contribution in [0.3, 0.4) is 0 Å². The number of aromatic amines is 1. The molecule has 162 valence electrons. The van der Waals surface area contributed by atoms with Crippen LogP contribution in [0.15, 0.2) is 49.2 Å². The molecule has 0 aliphatic heterocycles. The second-order valence-corrected chi connectivity index (χ2v) is 6.93. The molecular weight excluding hydrogens is 445 g/mol. The van der Waals surface area contributed by atoms with Crippen LogP contribution in [0, 0.1) is 0 Å². The van der Waals surface area contributed by atoms with Gasteiger partial charge in [-0.1, -0.05) is 41.9 Å². The molecule has 2 amide bonds. The van der Waals surface area contributed by atoms with E-state index in [9.17, 15) is 14.4 Å². The van der Waals surface area contributed by atoms with Gasteiger partial charge in [-0.3, -0.25) is 10.1 Å². The molecule has 3 aromatic rings. The number of anilines is 1. The maximum absolute atomic E-state index is 11.2. The van der Waals surface area contributed by atoms with Crippen LogP contribution in [-0.2, 0) is 9.53 Å². The molecule has 0 spiro atoms. The predicted molar refractivity (Wildman–Crippen MR) is 121 cm³/mol. The fraction of sp³-hybridized carbons (Fsp3) is 0.0952. The van der Waals surface area contributed by atoms with Crippen molar-refractivity contribution in [1.82, 2.24) is 4.98 Å². The molecule has 0 saturated heterocycles. The van der Waals surface area contributed by atoms with Gasteiger partial charge in [0, 0.05) is 33.4 Å². The van der Waals surface area contributed by atoms with Gasteiger partial charge in [-0.25, -0.2) is 9.59 Å². The molecule has 31 heavy (non-hydrogen) atoms. The van der Waals surface area contributed by atoms with Gasteiger partial charge in [0.05, 0.1) is 17.2 Å². The quantitative estimate of drug-likeness (QED) is 0.398. The van der Waals surface area contributed by atoms with E-state index in [0.717, 1.165) is 0 Å². The van der Waals surface area contributed by atoms with Crippen molar-refractivity contribution in [3.63, 3.8) is 0 Å². The van der Waals surface area contributed by atoms with E-state index in [1.807, 2.05) is 0 Å². The lowest BCUT2D eigenvalue weighted by Gasteiger charge is -2.07. The number of hydrogen-bond donors (Lipinski definition) is 4. The van der Waals surface area contributed by atoms with Gasteiger partial charge in [-0.2, -0.15) is 0 Å². The molecular formula is C21H19Cl2N3O5. The van der Waals surface area contributed by atoms with Crippen molar-refractivity contribution in [2.75, 3.05) is 11.9 Å². The summed E-state index contributed by atoms with van der Waals surface area (Å²) in [4.78, 5) is 35.7. The number of aromatic carboxylic acids is 1. The highest BCUT2D eigenvalue weighted by Crippen LogP contribution is 2.30. The fourth-order valence-corrected chi connectivity index (χ4v) is 3.16. The summed E-state index contributed by atoms with van der Waals surface area (Å²) in [6.07, 6.45) is 0.851. The smallest absolute Gasteiger partial charge is 0.411 e. The fourth-order valence-electron chi connectivity index (χ4n) is 2.56. The Morgan fingerprint density at radius 2 is 1.94 bits per heavy atom. The number of carboxylic acid groups (broad SMARTS) is 1. The Bertz CT molecular complexity index is 1160. The van der Waals surface area contributed by atoms with Gasteiger partial charge in [0.15, 0.2) is 0 Å². The summed E-state index contributed by atoms with van der Waals surface area (Å²) in [6.45, 7) is 5.57. The topological polar surface area (TPSA) is 135 Å². The van der Waals surface area contributed by atoms with Crippen LogP contribution in [0.4, 0.5) is 10.5 Å². The first kappa shape index (κ1) is 23.8. The molecule has 0 saturated carbocycles. The standard InChI is InChI=1S/C12H14N2O3.C9H5Cl2NO2/c1-3-17-12(16)14-10-6-4-5-9(7-10)8(2)11(13)15;10-4-1-6(11)8-5(9(13)14)3-12-7(8)2-4/h4-7H,2-3H2,1H3,(H2,13,15)(H,14,16);1-3,12H,(H,13,14). The van der Waals surface area contributed by atoms with Crippen molar-refractivity contribution in [3.8, 4) is 0 Å². The first-order chi connectivity index (χ1) is 14.6. The lowest BCUT2D eigenvalue weighted by molar-refractivity contribution is -0.112. The minimum atomic E-state index is -1.01. The molecule has 3 rings (SSSR count). The summed E-state index contributed by atoms with van der Waals surface area (Å²) < 4.78 is 4.73. The Morgan fingerprint density at radius 3 is 2.55 bits per heavy atom. The second kappa shape index (κ2) is 10.5. The number of carboxylic acids is 1. The number of halogens is 2. The number of benzene rings is 2. The monoisotopic (exact) mass is 463 g/mol. The average Bonchev–Trinajstić information content (AvgIpc) is 3.12. The maximum atomic E-state index is 11.2. The van der Waals surface area contributed by atoms with E-state index >= 15 is 0 Å². The van der Waals surface area contributed by atoms with E-state index in [1.54, 1.807) is 37.3 Å². The summed E-state index contributed by atoms with van der Waals surface area (Å²) in [5.74, 6) is -1.61. The van der Waals surface area contributed by atoms with Gasteiger partial charge in [-0.15, -0.1) is 0 Å². The third-order valence-electron chi connectivity index (χ3n) is 3.96. The normalized spacial score (nSPS) is 10.0. The van der Waals surface area contributed by atoms with E-state index in [4.69, 9.17) is 38.8 Å². The van der Waals surface area contributed by atoms with Crippen molar-refractivity contribution in [2.24, 2.45) is 5.73 Å². The highest BCUT2D eigenvalue weighted by atomic mass is 35.5. The number of hydrogen-bond acceptors (Lipinski definition) is 4. The van der Waals surface area contributed by atoms with Crippen LogP contribution in [0.1, 0.15) is 22.8 Å². The summed E-state index contributed by atoms with van der Waals surface area (Å²) in [5.41, 5.74) is 7.17. The Morgan fingerprint density at radius 1 is 1.23 bits per heavy atom. The largest absolute Gasteiger partial charge is 0.478 e. The number of fused-ring (bicyclic) bond motifs is 1. The first-order valence-corrected chi connectivity index (χ1v) is 9.62. The molecule has 0 fully saturated rings. The highest BCUT2D eigenvalue weighted by molar-refractivity contribution is 6.39. The van der Waals surface area contributed by atoms with Crippen LogP contribution in [0.25, 0.3) is 16.5 Å². The lowest BCUT2D eigenvalue weighted by atomic mass is 10.1. The minimum absolute atomic E-state index is 0.154. The molecule has 0 aliphatic rings. The molecule has 0 atom stereocenters. The van der Waals surface area contributed by atoms with Gasteiger partial charge in [-0.05, 0) is 36.8 Å². The number of carbonyl (C=O) groups is 3. The van der Waals surface area contributed by atoms with Crippen molar-refractivity contribution < 1.29 is 24.2 Å². The molecule has 0 bridgehead atoms. The summed E-state index contributed by atoms with van der Waals surface area (Å²) in [6, 6.07) is 9.80. The van der Waals surface area contributed by atoms with E-state index in [-0.39, 0.29) is 11.1 Å². The van der Waals surface area contributed by atoms with E-state index in [1.165, 1.54) is 12.3 Å². The van der Waals surface area contributed by atoms with Crippen LogP contribution in [0.5, 0.6) is 0 Å². The van der Waals surface area contributed by atoms with Gasteiger partial charge < -0.3 is 20.6 Å². The van der Waals surface area contributed by atoms with Crippen molar-refractivity contribution in [1.29, 1.82) is 0 Å². The number of nitrogens with one attached hydrogen (secondary N) is 2. The Hall–Kier alpha value is -3.49. The Kier molecular flexibility index (Phi) is 8.07. The summed E-state index contributed by atoms with van der Waals surface area (Å²) in [7, 11) is 0. The number of primary amides is 1. The van der Waals surface area contributed by atoms with Crippen LogP contribution < -0.4 is 11.1 Å². The number of H-pyrrole nitrogens is 1. The molecule has 0 unspecified atom stereocenters. The first-order valence-electron chi connectivity index (χ1n) is 8.86. The number of rotatable bonds is 5. The molecule has 0 radical (unpaired) electrons. The molecule has 10 heteroatoms. The molecule has 2 aromatic carbocycles. The van der Waals surface area contributed by atoms with E-state index in [2.05, 4.69) is 16.9 Å². The van der Waals surface area contributed by atoms with Gasteiger partial charge in [0.25, 0.3) is 0 Å². The zero-order chi connectivity index (χ0) is 23.1. The molecule has 8 nitrogen and oxygen atoms in total. The Labute approximate surface area is 187 Å². The van der Waals surface area contributed by atoms with Gasteiger partial charge >= 0.3 is 12.1 Å². The average molecular weight is 464 g/mol. The number of aromatic nitrogens is 1. The highest BCUT2D eigenvalue weighted by Gasteiger charge is 2.13. The third-order valence-corrected chi connectivity index (χ3v) is 4.47. The lowest BCUT2D eigenvalue weighted by Crippen LogP contribution is -2.14. The van der Waals surface area contributed by atoms with Crippen LogP contribution >= 0.6 is 23.2 Å². The van der Waals surface area contributed by atoms with E-state index in [0.29, 0.717) is 38.8 Å². The van der Waals surface area contributed by atoms with Gasteiger partial charge in [0.1, 0.15) is 0 Å². The number of ether oxygens (including phenoxy) is 1. The number of amides is 2. The van der Waals surface area contributed by atoms with Crippen molar-refractivity contribution >= 4 is 63.3 Å². The predicted octanol–water partition coefficient (Wildman–Crippen LogP) is 4.93. The molecule has 5 N–H and O–H groups in total. The zero-order valence-electron chi connectivity index (χ0n) is 16.4. The minimum Gasteiger partial charge on any atom is -0.478 e. The van der Waals surface area contributed by atoms with Crippen LogP contribution in [0.2, 0.25) is 10.0 Å². The second-order valence-electron chi connectivity index (χ2n) is 6.09. The summed E-state index contributed by atoms with van der Waals surface area (Å²) >= 11 is 11.6. The number of nitrogens with two attached hydrogens (primary N) is 1. The molecule has 0 aliphatic carbocycles. The van der Waals surface area contributed by atoms with E-state index < -0.39 is 18.0 Å².